The summed E-state index contributed by atoms with van der Waals surface area (Å²) in [6.45, 7) is 6.97. The molecule has 0 spiro atoms. The Bertz CT molecular complexity index is 47.7. The minimum atomic E-state index is -0.322. The van der Waals surface area contributed by atoms with E-state index in [0.29, 0.717) is 0 Å². The minimum Gasteiger partial charge on any atom is -0.126 e. The Hall–Kier alpha value is 0.917. The minimum absolute atomic E-state index is 0.322. The molecule has 0 saturated carbocycles. The van der Waals surface area contributed by atoms with Gasteiger partial charge in [-0.3, -0.25) is 0 Å². The molecule has 0 atom stereocenters. The maximum Gasteiger partial charge on any atom is 0.109 e. The molecule has 0 nitrogen and oxygen atoms in total. The van der Waals surface area contributed by atoms with Crippen LogP contribution < -0.4 is 0 Å². The van der Waals surface area contributed by atoms with Crippen LogP contribution in [0.5, 0.6) is 0 Å². The summed E-state index contributed by atoms with van der Waals surface area (Å²) in [5.41, 5.74) is 0. The highest BCUT2D eigenvalue weighted by atomic mass is 33.2. The zero-order chi connectivity index (χ0) is 6.41. The zero-order valence-electron chi connectivity index (χ0n) is 5.81. The lowest BCUT2D eigenvalue weighted by Crippen LogP contribution is -1.87. The Morgan fingerprint density at radius 1 is 1.38 bits per heavy atom. The maximum absolute atomic E-state index is 2.37. The highest BCUT2D eigenvalue weighted by molar-refractivity contribution is 8.86. The van der Waals surface area contributed by atoms with Crippen molar-refractivity contribution in [1.29, 1.82) is 0 Å². The van der Waals surface area contributed by atoms with Gasteiger partial charge in [0.1, 0.15) is 7.95 Å². The first-order valence-electron chi connectivity index (χ1n) is 3.05. The normalized spacial score (nSPS) is 10.5. The Morgan fingerprint density at radius 3 is 2.38 bits per heavy atom. The van der Waals surface area contributed by atoms with Crippen molar-refractivity contribution in [3.8, 4) is 0 Å². The molecule has 0 N–H and O–H groups in total. The summed E-state index contributed by atoms with van der Waals surface area (Å²) < 4.78 is 0. The molecule has 0 aliphatic rings. The van der Waals surface area contributed by atoms with Crippen LogP contribution in [0.2, 0.25) is 13.1 Å². The molecule has 3 heteroatoms. The molecule has 0 aromatic rings. The molecule has 0 aromatic carbocycles. The van der Waals surface area contributed by atoms with E-state index in [1.165, 1.54) is 12.2 Å². The van der Waals surface area contributed by atoms with E-state index in [1.807, 2.05) is 10.8 Å². The molecule has 0 aromatic heterocycles. The second-order valence-corrected chi connectivity index (χ2v) is 10.7. The van der Waals surface area contributed by atoms with Gasteiger partial charge in [-0.15, -0.1) is 21.0 Å². The van der Waals surface area contributed by atoms with Gasteiger partial charge in [0.25, 0.3) is 0 Å². The molecule has 0 unspecified atom stereocenters. The van der Waals surface area contributed by atoms with Crippen LogP contribution in [-0.2, 0) is 0 Å². The van der Waals surface area contributed by atoms with E-state index in [4.69, 9.17) is 0 Å². The summed E-state index contributed by atoms with van der Waals surface area (Å²) in [6, 6.07) is 0. The molecule has 0 aliphatic heterocycles. The quantitative estimate of drug-likeness (QED) is 0.358. The van der Waals surface area contributed by atoms with Gasteiger partial charge in [-0.05, 0) is 6.42 Å². The third-order valence-corrected chi connectivity index (χ3v) is 8.40. The van der Waals surface area contributed by atoms with Gasteiger partial charge in [-0.1, -0.05) is 20.0 Å². The van der Waals surface area contributed by atoms with Crippen molar-refractivity contribution in [3.05, 3.63) is 0 Å². The lowest BCUT2D eigenvalue weighted by molar-refractivity contribution is 1.11. The summed E-state index contributed by atoms with van der Waals surface area (Å²) in [7, 11) is 3.83. The number of rotatable bonds is 4. The third kappa shape index (κ3) is 6.92. The molecule has 0 aliphatic carbocycles. The Morgan fingerprint density at radius 2 is 2.00 bits per heavy atom. The fraction of sp³-hybridized carbons (Fsp3) is 1.00. The molecule has 0 amide bonds. The fourth-order valence-electron chi connectivity index (χ4n) is 0.268. The van der Waals surface area contributed by atoms with Gasteiger partial charge < -0.3 is 0 Å². The molecule has 0 radical (unpaired) electrons. The van der Waals surface area contributed by atoms with Crippen LogP contribution in [0.4, 0.5) is 0 Å². The van der Waals surface area contributed by atoms with E-state index in [2.05, 4.69) is 30.3 Å². The molecule has 0 bridgehead atoms. The van der Waals surface area contributed by atoms with Crippen LogP contribution in [0.1, 0.15) is 13.3 Å². The average molecular weight is 166 g/mol. The predicted molar refractivity (Wildman–Crippen MR) is 49.2 cm³/mol. The van der Waals surface area contributed by atoms with E-state index in [0.717, 1.165) is 0 Å². The molecule has 8 heavy (non-hydrogen) atoms. The molecule has 0 rings (SSSR count). The summed E-state index contributed by atoms with van der Waals surface area (Å²) in [5, 5.41) is 0. The van der Waals surface area contributed by atoms with Crippen molar-refractivity contribution >= 4 is 29.0 Å². The van der Waals surface area contributed by atoms with Gasteiger partial charge in [0.2, 0.25) is 0 Å². The van der Waals surface area contributed by atoms with Crippen molar-refractivity contribution < 1.29 is 0 Å². The number of hydrogen-bond acceptors (Lipinski definition) is 2. The third-order valence-electron chi connectivity index (χ3n) is 0.548. The van der Waals surface area contributed by atoms with Crippen LogP contribution in [0.15, 0.2) is 0 Å². The van der Waals surface area contributed by atoms with Gasteiger partial charge in [-0.2, -0.15) is 0 Å². The highest BCUT2D eigenvalue weighted by Crippen LogP contribution is 2.24. The summed E-state index contributed by atoms with van der Waals surface area (Å²) >= 11 is 0. The molecular weight excluding hydrogens is 152 g/mol. The van der Waals surface area contributed by atoms with Crippen LogP contribution in [-0.4, -0.2) is 13.7 Å². The lowest BCUT2D eigenvalue weighted by Gasteiger charge is -1.98. The monoisotopic (exact) mass is 166 g/mol. The molecular formula is C5H14S2Si. The predicted octanol–water partition coefficient (Wildman–Crippen LogP) is 2.76. The Balaban J connectivity index is 2.72. The molecule has 0 heterocycles. The van der Waals surface area contributed by atoms with Gasteiger partial charge in [0.15, 0.2) is 0 Å². The highest BCUT2D eigenvalue weighted by Gasteiger charge is 1.93. The van der Waals surface area contributed by atoms with Crippen molar-refractivity contribution in [1.82, 2.24) is 0 Å². The molecule has 0 fully saturated rings. The van der Waals surface area contributed by atoms with Gasteiger partial charge in [0.05, 0.1) is 0 Å². The van der Waals surface area contributed by atoms with E-state index < -0.39 is 0 Å². The van der Waals surface area contributed by atoms with E-state index >= 15 is 0 Å². The van der Waals surface area contributed by atoms with E-state index in [9.17, 15) is 0 Å². The second-order valence-electron chi connectivity index (χ2n) is 1.97. The van der Waals surface area contributed by atoms with Crippen LogP contribution >= 0.6 is 21.0 Å². The second kappa shape index (κ2) is 6.04. The van der Waals surface area contributed by atoms with Crippen molar-refractivity contribution in [2.45, 2.75) is 26.4 Å². The molecule has 0 saturated heterocycles. The average Bonchev–Trinajstić information content (AvgIpc) is 1.66. The topological polar surface area (TPSA) is 0 Å². The largest absolute Gasteiger partial charge is 0.126 e. The smallest absolute Gasteiger partial charge is 0.109 e. The fourth-order valence-corrected chi connectivity index (χ4v) is 5.72. The SMILES string of the molecule is CCCSS[SiH](C)C. The Labute approximate surface area is 61.5 Å². The van der Waals surface area contributed by atoms with Gasteiger partial charge in [0, 0.05) is 5.75 Å². The van der Waals surface area contributed by atoms with Crippen molar-refractivity contribution in [2.75, 3.05) is 5.75 Å². The Kier molecular flexibility index (Phi) is 6.74. The standard InChI is InChI=1S/C5H14S2Si/c1-4-5-6-7-8(2)3/h8H,4-5H2,1-3H3. The maximum atomic E-state index is 2.37. The number of hydrogen-bond donors (Lipinski definition) is 0. The van der Waals surface area contributed by atoms with Gasteiger partial charge in [-0.25, -0.2) is 0 Å². The van der Waals surface area contributed by atoms with Crippen LogP contribution in [0.25, 0.3) is 0 Å². The van der Waals surface area contributed by atoms with E-state index in [-0.39, 0.29) is 7.95 Å². The molecule has 50 valence electrons. The van der Waals surface area contributed by atoms with E-state index in [1.54, 1.807) is 0 Å². The summed E-state index contributed by atoms with van der Waals surface area (Å²) in [4.78, 5) is 0. The first-order chi connectivity index (χ1) is 3.77. The first kappa shape index (κ1) is 8.92. The van der Waals surface area contributed by atoms with Crippen molar-refractivity contribution in [2.24, 2.45) is 0 Å². The van der Waals surface area contributed by atoms with Crippen LogP contribution in [0.3, 0.4) is 0 Å². The zero-order valence-corrected chi connectivity index (χ0v) is 8.60. The summed E-state index contributed by atoms with van der Waals surface area (Å²) in [5.74, 6) is 1.33. The van der Waals surface area contributed by atoms with Crippen molar-refractivity contribution in [3.63, 3.8) is 0 Å². The van der Waals surface area contributed by atoms with Crippen LogP contribution in [0, 0.1) is 0 Å². The van der Waals surface area contributed by atoms with Gasteiger partial charge >= 0.3 is 0 Å². The first-order valence-corrected chi connectivity index (χ1v) is 9.16. The lowest BCUT2D eigenvalue weighted by atomic mass is 10.6. The summed E-state index contributed by atoms with van der Waals surface area (Å²) in [6.07, 6.45) is 1.32.